The molecule has 0 radical (unpaired) electrons. The lowest BCUT2D eigenvalue weighted by molar-refractivity contribution is 0.0924. The highest BCUT2D eigenvalue weighted by Gasteiger charge is 2.34. The number of para-hydroxylation sites is 2. The minimum Gasteiger partial charge on any atom is -0.349 e. The average Bonchev–Trinajstić information content (AvgIpc) is 3.25. The van der Waals surface area contributed by atoms with Crippen LogP contribution in [0, 0.1) is 0 Å². The van der Waals surface area contributed by atoms with Gasteiger partial charge in [0, 0.05) is 29.4 Å². The Labute approximate surface area is 152 Å². The van der Waals surface area contributed by atoms with Gasteiger partial charge in [-0.05, 0) is 62.1 Å². The third-order valence-electron chi connectivity index (χ3n) is 5.67. The maximum absolute atomic E-state index is 12.6. The summed E-state index contributed by atoms with van der Waals surface area (Å²) in [6, 6.07) is 17.3. The lowest BCUT2D eigenvalue weighted by Gasteiger charge is -2.29. The Morgan fingerprint density at radius 2 is 1.77 bits per heavy atom. The maximum atomic E-state index is 12.6. The molecule has 5 rings (SSSR count). The number of imidazole rings is 1. The second-order valence-electron chi connectivity index (χ2n) is 7.43. The topological polar surface area (TPSA) is 59.0 Å². The number of aromatic nitrogens is 2. The van der Waals surface area contributed by atoms with Crippen LogP contribution in [0.1, 0.15) is 36.0 Å². The van der Waals surface area contributed by atoms with Gasteiger partial charge in [-0.1, -0.05) is 12.1 Å². The first-order valence-electron chi connectivity index (χ1n) is 9.36. The molecule has 2 aliphatic rings. The molecule has 3 heterocycles. The van der Waals surface area contributed by atoms with Crippen molar-refractivity contribution in [3.05, 3.63) is 60.4 Å². The molecule has 2 saturated heterocycles. The van der Waals surface area contributed by atoms with Gasteiger partial charge < -0.3 is 10.6 Å². The minimum atomic E-state index is 0.0262. The van der Waals surface area contributed by atoms with Crippen LogP contribution in [-0.2, 0) is 0 Å². The fourth-order valence-electron chi connectivity index (χ4n) is 4.38. The number of piperidine rings is 1. The second kappa shape index (κ2) is 6.25. The van der Waals surface area contributed by atoms with Gasteiger partial charge in [-0.2, -0.15) is 0 Å². The quantitative estimate of drug-likeness (QED) is 0.766. The molecular weight excluding hydrogens is 324 g/mol. The van der Waals surface area contributed by atoms with Crippen molar-refractivity contribution < 1.29 is 4.79 Å². The predicted molar refractivity (Wildman–Crippen MR) is 102 cm³/mol. The molecule has 26 heavy (non-hydrogen) atoms. The van der Waals surface area contributed by atoms with Gasteiger partial charge in [0.05, 0.1) is 11.0 Å². The number of nitrogens with one attached hydrogen (secondary N) is 2. The Morgan fingerprint density at radius 3 is 2.54 bits per heavy atom. The van der Waals surface area contributed by atoms with Gasteiger partial charge in [0.15, 0.2) is 0 Å². The normalized spacial score (nSPS) is 24.7. The van der Waals surface area contributed by atoms with Gasteiger partial charge in [-0.25, -0.2) is 4.98 Å². The fraction of sp³-hybridized carbons (Fsp3) is 0.333. The number of nitrogens with zero attached hydrogens (tertiary/aromatic N) is 2. The van der Waals surface area contributed by atoms with E-state index in [9.17, 15) is 4.79 Å². The van der Waals surface area contributed by atoms with Crippen LogP contribution < -0.4 is 10.6 Å². The van der Waals surface area contributed by atoms with Crippen LogP contribution in [0.3, 0.4) is 0 Å². The first-order chi connectivity index (χ1) is 12.8. The zero-order valence-corrected chi connectivity index (χ0v) is 14.6. The summed E-state index contributed by atoms with van der Waals surface area (Å²) in [5, 5.41) is 6.83. The summed E-state index contributed by atoms with van der Waals surface area (Å²) in [7, 11) is 0. The number of hydrogen-bond acceptors (Lipinski definition) is 3. The van der Waals surface area contributed by atoms with E-state index in [1.165, 1.54) is 12.8 Å². The molecule has 2 N–H and O–H groups in total. The number of rotatable bonds is 3. The van der Waals surface area contributed by atoms with E-state index in [1.54, 1.807) is 0 Å². The molecule has 1 aromatic heterocycles. The number of benzene rings is 2. The number of carbonyl (C=O) groups is 1. The van der Waals surface area contributed by atoms with Crippen molar-refractivity contribution in [3.63, 3.8) is 0 Å². The van der Waals surface area contributed by atoms with Gasteiger partial charge in [0.25, 0.3) is 5.91 Å². The van der Waals surface area contributed by atoms with Crippen molar-refractivity contribution in [2.24, 2.45) is 0 Å². The summed E-state index contributed by atoms with van der Waals surface area (Å²) in [5.74, 6) is 0.0262. The van der Waals surface area contributed by atoms with Crippen molar-refractivity contribution in [1.29, 1.82) is 0 Å². The molecule has 2 aromatic carbocycles. The summed E-state index contributed by atoms with van der Waals surface area (Å²) < 4.78 is 2.04. The molecule has 0 aliphatic carbocycles. The first kappa shape index (κ1) is 15.6. The molecule has 2 aliphatic heterocycles. The number of hydrogen-bond donors (Lipinski definition) is 2. The van der Waals surface area contributed by atoms with Crippen molar-refractivity contribution in [1.82, 2.24) is 20.2 Å². The Kier molecular flexibility index (Phi) is 3.75. The third kappa shape index (κ3) is 2.78. The smallest absolute Gasteiger partial charge is 0.251 e. The third-order valence-corrected chi connectivity index (χ3v) is 5.67. The number of amides is 1. The van der Waals surface area contributed by atoms with Crippen molar-refractivity contribution in [2.75, 3.05) is 0 Å². The van der Waals surface area contributed by atoms with Gasteiger partial charge in [-0.3, -0.25) is 9.36 Å². The van der Waals surface area contributed by atoms with Crippen LogP contribution >= 0.6 is 0 Å². The zero-order valence-electron chi connectivity index (χ0n) is 14.6. The molecule has 132 valence electrons. The fourth-order valence-corrected chi connectivity index (χ4v) is 4.38. The molecule has 2 unspecified atom stereocenters. The van der Waals surface area contributed by atoms with Crippen molar-refractivity contribution >= 4 is 16.9 Å². The van der Waals surface area contributed by atoms with E-state index in [4.69, 9.17) is 0 Å². The molecule has 0 spiro atoms. The molecule has 2 bridgehead atoms. The van der Waals surface area contributed by atoms with Crippen LogP contribution in [0.4, 0.5) is 0 Å². The summed E-state index contributed by atoms with van der Waals surface area (Å²) in [5.41, 5.74) is 3.75. The number of carbonyl (C=O) groups excluding carboxylic acids is 1. The van der Waals surface area contributed by atoms with Gasteiger partial charge in [0.1, 0.15) is 6.33 Å². The van der Waals surface area contributed by atoms with Crippen molar-refractivity contribution in [3.8, 4) is 5.69 Å². The lowest BCUT2D eigenvalue weighted by atomic mass is 9.99. The zero-order chi connectivity index (χ0) is 17.5. The number of fused-ring (bicyclic) bond motifs is 3. The summed E-state index contributed by atoms with van der Waals surface area (Å²) in [6.07, 6.45) is 6.39. The van der Waals surface area contributed by atoms with E-state index in [1.807, 2.05) is 59.4 Å². The largest absolute Gasteiger partial charge is 0.349 e. The highest BCUT2D eigenvalue weighted by Crippen LogP contribution is 2.27. The van der Waals surface area contributed by atoms with Gasteiger partial charge >= 0.3 is 0 Å². The standard InChI is InChI=1S/C21H22N4O/c26-21(24-17-11-15-7-8-16(12-17)23-15)14-5-9-18(10-6-14)25-13-22-19-3-1-2-4-20(19)25/h1-6,9-10,13,15-17,23H,7-8,11-12H2,(H,24,26). The Balaban J connectivity index is 1.32. The van der Waals surface area contributed by atoms with Gasteiger partial charge in [-0.15, -0.1) is 0 Å². The van der Waals surface area contributed by atoms with Gasteiger partial charge in [0.2, 0.25) is 0 Å². The first-order valence-corrected chi connectivity index (χ1v) is 9.36. The molecule has 5 nitrogen and oxygen atoms in total. The second-order valence-corrected chi connectivity index (χ2v) is 7.43. The van der Waals surface area contributed by atoms with Crippen LogP contribution in [-0.4, -0.2) is 33.6 Å². The van der Waals surface area contributed by atoms with Crippen LogP contribution in [0.15, 0.2) is 54.9 Å². The van der Waals surface area contributed by atoms with E-state index < -0.39 is 0 Å². The molecule has 5 heteroatoms. The van der Waals surface area contributed by atoms with Crippen LogP contribution in [0.5, 0.6) is 0 Å². The Bertz CT molecular complexity index is 934. The van der Waals surface area contributed by atoms with E-state index >= 15 is 0 Å². The average molecular weight is 346 g/mol. The summed E-state index contributed by atoms with van der Waals surface area (Å²) in [4.78, 5) is 17.0. The molecule has 2 fully saturated rings. The molecule has 1 amide bonds. The summed E-state index contributed by atoms with van der Waals surface area (Å²) >= 11 is 0. The monoisotopic (exact) mass is 346 g/mol. The van der Waals surface area contributed by atoms with E-state index in [2.05, 4.69) is 15.6 Å². The predicted octanol–water partition coefficient (Wildman–Crippen LogP) is 3.04. The SMILES string of the molecule is O=C(NC1CC2CCC(C1)N2)c1ccc(-n2cnc3ccccc32)cc1. The minimum absolute atomic E-state index is 0.0262. The molecular formula is C21H22N4O. The van der Waals surface area contributed by atoms with E-state index in [-0.39, 0.29) is 5.91 Å². The maximum Gasteiger partial charge on any atom is 0.251 e. The van der Waals surface area contributed by atoms with Crippen LogP contribution in [0.2, 0.25) is 0 Å². The summed E-state index contributed by atoms with van der Waals surface area (Å²) in [6.45, 7) is 0. The van der Waals surface area contributed by atoms with E-state index in [0.29, 0.717) is 23.7 Å². The highest BCUT2D eigenvalue weighted by molar-refractivity contribution is 5.94. The molecule has 3 aromatic rings. The highest BCUT2D eigenvalue weighted by atomic mass is 16.1. The van der Waals surface area contributed by atoms with E-state index in [0.717, 1.165) is 29.6 Å². The lowest BCUT2D eigenvalue weighted by Crippen LogP contribution is -2.48. The van der Waals surface area contributed by atoms with Crippen LogP contribution in [0.25, 0.3) is 16.7 Å². The Morgan fingerprint density at radius 1 is 1.04 bits per heavy atom. The van der Waals surface area contributed by atoms with Crippen molar-refractivity contribution in [2.45, 2.75) is 43.8 Å². The Hall–Kier alpha value is -2.66. The molecule has 2 atom stereocenters. The molecule has 0 saturated carbocycles.